The molecule has 3 aromatic rings. The van der Waals surface area contributed by atoms with Crippen molar-refractivity contribution in [3.05, 3.63) is 89.5 Å². The van der Waals surface area contributed by atoms with Gasteiger partial charge in [-0.3, -0.25) is 4.79 Å². The second-order valence-corrected chi connectivity index (χ2v) is 8.47. The molecule has 0 radical (unpaired) electrons. The lowest BCUT2D eigenvalue weighted by atomic mass is 10.1. The molecule has 1 amide bonds. The molecular formula is C23H22N2O6S. The van der Waals surface area contributed by atoms with E-state index in [0.717, 1.165) is 6.07 Å². The van der Waals surface area contributed by atoms with Crippen molar-refractivity contribution in [3.8, 4) is 5.75 Å². The number of nitrogens with one attached hydrogen (secondary N) is 1. The minimum atomic E-state index is -4.03. The van der Waals surface area contributed by atoms with Crippen molar-refractivity contribution in [2.75, 3.05) is 12.4 Å². The molecule has 1 atom stereocenters. The number of ether oxygens (including phenoxy) is 2. The Kier molecular flexibility index (Phi) is 6.92. The van der Waals surface area contributed by atoms with Crippen molar-refractivity contribution in [3.63, 3.8) is 0 Å². The number of hydrogen-bond acceptors (Lipinski definition) is 6. The molecule has 0 saturated heterocycles. The maximum Gasteiger partial charge on any atom is 0.339 e. The number of carbonyl (C=O) groups excluding carboxylic acids is 2. The van der Waals surface area contributed by atoms with Gasteiger partial charge in [-0.1, -0.05) is 36.4 Å². The highest BCUT2D eigenvalue weighted by molar-refractivity contribution is 7.89. The van der Waals surface area contributed by atoms with Gasteiger partial charge in [0.15, 0.2) is 0 Å². The molecule has 0 saturated carbocycles. The second kappa shape index (κ2) is 9.63. The zero-order valence-corrected chi connectivity index (χ0v) is 18.3. The van der Waals surface area contributed by atoms with Crippen LogP contribution in [0.15, 0.2) is 77.7 Å². The molecule has 32 heavy (non-hydrogen) atoms. The first kappa shape index (κ1) is 23.0. The number of carbonyl (C=O) groups is 2. The summed E-state index contributed by atoms with van der Waals surface area (Å²) in [5.74, 6) is -0.818. The van der Waals surface area contributed by atoms with Crippen LogP contribution in [-0.2, 0) is 19.6 Å². The van der Waals surface area contributed by atoms with E-state index in [4.69, 9.17) is 14.6 Å². The Balaban J connectivity index is 1.88. The zero-order valence-electron chi connectivity index (χ0n) is 17.4. The maximum atomic E-state index is 13.0. The number of nitrogens with two attached hydrogens (primary N) is 1. The van der Waals surface area contributed by atoms with E-state index < -0.39 is 28.0 Å². The molecule has 3 N–H and O–H groups in total. The summed E-state index contributed by atoms with van der Waals surface area (Å²) in [7, 11) is -2.50. The van der Waals surface area contributed by atoms with Gasteiger partial charge in [-0.05, 0) is 48.9 Å². The van der Waals surface area contributed by atoms with Gasteiger partial charge in [0.25, 0.3) is 5.91 Å². The van der Waals surface area contributed by atoms with Crippen LogP contribution in [0, 0.1) is 6.92 Å². The van der Waals surface area contributed by atoms with E-state index in [1.807, 2.05) is 0 Å². The van der Waals surface area contributed by atoms with Gasteiger partial charge in [-0.2, -0.15) is 0 Å². The third-order valence-electron chi connectivity index (χ3n) is 4.65. The first-order chi connectivity index (χ1) is 15.2. The average molecular weight is 455 g/mol. The molecule has 8 nitrogen and oxygen atoms in total. The van der Waals surface area contributed by atoms with Gasteiger partial charge < -0.3 is 14.8 Å². The Morgan fingerprint density at radius 1 is 0.969 bits per heavy atom. The van der Waals surface area contributed by atoms with Crippen LogP contribution >= 0.6 is 0 Å². The molecule has 0 heterocycles. The summed E-state index contributed by atoms with van der Waals surface area (Å²) in [5.41, 5.74) is 1.28. The third-order valence-corrected chi connectivity index (χ3v) is 5.71. The minimum absolute atomic E-state index is 0.0437. The number of methoxy groups -OCH3 is 1. The van der Waals surface area contributed by atoms with Gasteiger partial charge in [-0.15, -0.1) is 0 Å². The normalized spacial score (nSPS) is 12.0. The summed E-state index contributed by atoms with van der Waals surface area (Å²) in [6.45, 7) is 1.56. The molecule has 166 valence electrons. The Morgan fingerprint density at radius 3 is 2.22 bits per heavy atom. The van der Waals surface area contributed by atoms with Crippen molar-refractivity contribution >= 4 is 27.6 Å². The fourth-order valence-corrected chi connectivity index (χ4v) is 3.80. The molecule has 0 bridgehead atoms. The smallest absolute Gasteiger partial charge is 0.339 e. The van der Waals surface area contributed by atoms with Gasteiger partial charge in [0, 0.05) is 11.3 Å². The van der Waals surface area contributed by atoms with Crippen molar-refractivity contribution in [2.45, 2.75) is 17.9 Å². The van der Waals surface area contributed by atoms with Crippen molar-refractivity contribution in [2.24, 2.45) is 5.14 Å². The quantitative estimate of drug-likeness (QED) is 0.528. The molecular weight excluding hydrogens is 432 g/mol. The average Bonchev–Trinajstić information content (AvgIpc) is 2.77. The molecule has 0 aliphatic carbocycles. The van der Waals surface area contributed by atoms with E-state index in [9.17, 15) is 18.0 Å². The number of sulfonamides is 1. The van der Waals surface area contributed by atoms with Crippen LogP contribution in [0.5, 0.6) is 5.75 Å². The summed E-state index contributed by atoms with van der Waals surface area (Å²) in [5, 5.41) is 7.93. The van der Waals surface area contributed by atoms with E-state index in [-0.39, 0.29) is 10.5 Å². The fraction of sp³-hybridized carbons (Fsp3) is 0.130. The van der Waals surface area contributed by atoms with Crippen molar-refractivity contribution in [1.82, 2.24) is 0 Å². The van der Waals surface area contributed by atoms with Gasteiger partial charge in [0.1, 0.15) is 5.75 Å². The molecule has 3 aromatic carbocycles. The van der Waals surface area contributed by atoms with Crippen molar-refractivity contribution < 1.29 is 27.5 Å². The first-order valence-corrected chi connectivity index (χ1v) is 11.1. The molecule has 0 aliphatic heterocycles. The highest BCUT2D eigenvalue weighted by Gasteiger charge is 2.26. The molecule has 1 unspecified atom stereocenters. The summed E-state index contributed by atoms with van der Waals surface area (Å²) in [6.07, 6.45) is -1.27. The number of benzene rings is 3. The van der Waals surface area contributed by atoms with Crippen LogP contribution in [0.2, 0.25) is 0 Å². The zero-order chi connectivity index (χ0) is 23.3. The maximum absolute atomic E-state index is 13.0. The fourth-order valence-electron chi connectivity index (χ4n) is 2.99. The number of esters is 1. The van der Waals surface area contributed by atoms with E-state index >= 15 is 0 Å². The summed E-state index contributed by atoms with van der Waals surface area (Å²) < 4.78 is 34.2. The van der Waals surface area contributed by atoms with Gasteiger partial charge >= 0.3 is 5.97 Å². The SMILES string of the molecule is COc1ccc(NC(=O)C(OC(=O)c2ccc(C)c(S(N)(=O)=O)c2)c2ccccc2)cc1. The summed E-state index contributed by atoms with van der Waals surface area (Å²) >= 11 is 0. The first-order valence-electron chi connectivity index (χ1n) is 9.53. The molecule has 0 aliphatic rings. The molecule has 0 spiro atoms. The Morgan fingerprint density at radius 2 is 1.62 bits per heavy atom. The lowest BCUT2D eigenvalue weighted by Gasteiger charge is -2.18. The Hall–Kier alpha value is -3.69. The van der Waals surface area contributed by atoms with E-state index in [1.54, 1.807) is 61.5 Å². The number of anilines is 1. The molecule has 0 aromatic heterocycles. The van der Waals surface area contributed by atoms with Gasteiger partial charge in [0.05, 0.1) is 17.6 Å². The van der Waals surface area contributed by atoms with Crippen LogP contribution in [0.25, 0.3) is 0 Å². The third kappa shape index (κ3) is 5.51. The van der Waals surface area contributed by atoms with E-state index in [2.05, 4.69) is 5.32 Å². The molecule has 9 heteroatoms. The summed E-state index contributed by atoms with van der Waals surface area (Å²) in [4.78, 5) is 25.6. The highest BCUT2D eigenvalue weighted by Crippen LogP contribution is 2.24. The number of primary sulfonamides is 1. The van der Waals surface area contributed by atoms with E-state index in [1.165, 1.54) is 19.2 Å². The Labute approximate surface area is 186 Å². The standard InChI is InChI=1S/C23H22N2O6S/c1-15-8-9-17(14-20(15)32(24,28)29)23(27)31-21(16-6-4-3-5-7-16)22(26)25-18-10-12-19(30-2)13-11-18/h3-14,21H,1-2H3,(H,25,26)(H2,24,28,29). The molecule has 0 fully saturated rings. The van der Waals surface area contributed by atoms with Crippen LogP contribution in [0.3, 0.4) is 0 Å². The Bertz CT molecular complexity index is 1230. The number of rotatable bonds is 7. The molecule has 3 rings (SSSR count). The monoisotopic (exact) mass is 454 g/mol. The predicted octanol–water partition coefficient (Wildman–Crippen LogP) is 3.19. The predicted molar refractivity (Wildman–Crippen MR) is 119 cm³/mol. The largest absolute Gasteiger partial charge is 0.497 e. The van der Waals surface area contributed by atoms with E-state index in [0.29, 0.717) is 22.6 Å². The lowest BCUT2D eigenvalue weighted by molar-refractivity contribution is -0.125. The number of aryl methyl sites for hydroxylation is 1. The minimum Gasteiger partial charge on any atom is -0.497 e. The second-order valence-electron chi connectivity index (χ2n) is 6.94. The van der Waals surface area contributed by atoms with Crippen LogP contribution < -0.4 is 15.2 Å². The van der Waals surface area contributed by atoms with Crippen LogP contribution in [0.4, 0.5) is 5.69 Å². The van der Waals surface area contributed by atoms with Gasteiger partial charge in [-0.25, -0.2) is 18.4 Å². The van der Waals surface area contributed by atoms with Crippen molar-refractivity contribution in [1.29, 1.82) is 0 Å². The summed E-state index contributed by atoms with van der Waals surface area (Å²) in [6, 6.07) is 19.1. The number of hydrogen-bond donors (Lipinski definition) is 2. The van der Waals surface area contributed by atoms with Gasteiger partial charge in [0.2, 0.25) is 16.1 Å². The highest BCUT2D eigenvalue weighted by atomic mass is 32.2. The number of amides is 1. The van der Waals surface area contributed by atoms with Crippen LogP contribution in [-0.4, -0.2) is 27.4 Å². The van der Waals surface area contributed by atoms with Crippen LogP contribution in [0.1, 0.15) is 27.6 Å². The topological polar surface area (TPSA) is 125 Å². The lowest BCUT2D eigenvalue weighted by Crippen LogP contribution is -2.26.